The van der Waals surface area contributed by atoms with E-state index in [4.69, 9.17) is 33.2 Å². The Kier molecular flexibility index (Phi) is 14.1. The number of esters is 1. The van der Waals surface area contributed by atoms with Crippen LogP contribution in [-0.2, 0) is 66.9 Å². The summed E-state index contributed by atoms with van der Waals surface area (Å²) in [5.74, 6) is -9.31. The maximum absolute atomic E-state index is 14.8. The second kappa shape index (κ2) is 18.4. The third-order valence-corrected chi connectivity index (χ3v) is 19.4. The van der Waals surface area contributed by atoms with Crippen LogP contribution in [0.3, 0.4) is 0 Å². The highest BCUT2D eigenvalue weighted by molar-refractivity contribution is 7.80. The summed E-state index contributed by atoms with van der Waals surface area (Å²) in [6, 6.07) is 0. The normalized spacial score (nSPS) is 48.0. The topological polar surface area (TPSA) is 358 Å². The van der Waals surface area contributed by atoms with Crippen molar-refractivity contribution in [2.75, 3.05) is 13.2 Å². The molecule has 20 atom stereocenters. The van der Waals surface area contributed by atoms with Crippen molar-refractivity contribution in [1.82, 2.24) is 0 Å². The Morgan fingerprint density at radius 1 is 0.803 bits per heavy atom. The van der Waals surface area contributed by atoms with Crippen molar-refractivity contribution in [3.05, 3.63) is 11.6 Å². The van der Waals surface area contributed by atoms with E-state index in [2.05, 4.69) is 58.7 Å². The highest BCUT2D eigenvalue weighted by Crippen LogP contribution is 2.76. The number of aliphatic hydroxyl groups is 5. The van der Waals surface area contributed by atoms with Gasteiger partial charge in [-0.05, 0) is 109 Å². The van der Waals surface area contributed by atoms with Crippen LogP contribution in [0, 0.1) is 50.2 Å². The van der Waals surface area contributed by atoms with Crippen LogP contribution in [0.1, 0.15) is 113 Å². The largest absolute Gasteiger partial charge is 0.480 e. The number of aliphatic carboxylic acids is 3. The van der Waals surface area contributed by atoms with Gasteiger partial charge >= 0.3 is 40.1 Å². The molecule has 8 rings (SSSR count). The van der Waals surface area contributed by atoms with Gasteiger partial charge in [0, 0.05) is 0 Å². The SMILES string of the molecule is CC1(C)CCC2(C(=O)OC3OC(CO)C(OS(=O)(=O)O)C(O)C3O)CCC3(C)C(=CCC4C5(C)CCC(OC6OC(C(=O)O)C7OC(O)(C(=O)O)C(OCC(=O)O)OC7C6O)C(C)(C)C5CCC43C)C2C1. The van der Waals surface area contributed by atoms with Crippen LogP contribution in [0.25, 0.3) is 0 Å². The molecule has 402 valence electrons. The zero-order valence-electron chi connectivity index (χ0n) is 40.9. The lowest BCUT2D eigenvalue weighted by Crippen LogP contribution is -2.72. The number of aliphatic hydroxyl groups excluding tert-OH is 4. The van der Waals surface area contributed by atoms with Crippen molar-refractivity contribution >= 4 is 34.3 Å². The number of carbonyl (C=O) groups is 4. The van der Waals surface area contributed by atoms with Crippen LogP contribution in [0.15, 0.2) is 11.6 Å². The molecular formula is C47H70O23S. The number of ether oxygens (including phenoxy) is 7. The molecule has 0 amide bonds. The zero-order valence-corrected chi connectivity index (χ0v) is 41.7. The first kappa shape index (κ1) is 54.3. The molecule has 0 aromatic carbocycles. The number of rotatable bonds is 12. The molecule has 7 fully saturated rings. The van der Waals surface area contributed by atoms with Crippen LogP contribution in [0.2, 0.25) is 0 Å². The number of carboxylic acids is 3. The summed E-state index contributed by atoms with van der Waals surface area (Å²) >= 11 is 0. The van der Waals surface area contributed by atoms with E-state index in [0.717, 1.165) is 12.8 Å². The van der Waals surface area contributed by atoms with Crippen molar-refractivity contribution < 1.29 is 110 Å². The fraction of sp³-hybridized carbons (Fsp3) is 0.872. The average Bonchev–Trinajstić information content (AvgIpc) is 3.26. The summed E-state index contributed by atoms with van der Waals surface area (Å²) in [5.41, 5.74) is -1.56. The van der Waals surface area contributed by atoms with Crippen molar-refractivity contribution in [2.24, 2.45) is 50.2 Å². The van der Waals surface area contributed by atoms with E-state index in [1.807, 2.05) is 0 Å². The highest BCUT2D eigenvalue weighted by Gasteiger charge is 2.71. The van der Waals surface area contributed by atoms with Crippen LogP contribution < -0.4 is 0 Å². The summed E-state index contributed by atoms with van der Waals surface area (Å²) in [5, 5.41) is 83.6. The van der Waals surface area contributed by atoms with Crippen LogP contribution in [-0.4, -0.2) is 171 Å². The molecule has 4 saturated carbocycles. The van der Waals surface area contributed by atoms with E-state index in [9.17, 15) is 73.0 Å². The van der Waals surface area contributed by atoms with Gasteiger partial charge in [-0.15, -0.1) is 0 Å². The Bertz CT molecular complexity index is 2250. The molecule has 20 unspecified atom stereocenters. The fourth-order valence-corrected chi connectivity index (χ4v) is 15.5. The number of carboxylic acid groups (broad SMARTS) is 3. The molecule has 5 aliphatic carbocycles. The number of allylic oxidation sites excluding steroid dienone is 2. The van der Waals surface area contributed by atoms with Gasteiger partial charge in [-0.25, -0.2) is 18.6 Å². The van der Waals surface area contributed by atoms with E-state index in [1.165, 1.54) is 5.57 Å². The van der Waals surface area contributed by atoms with Gasteiger partial charge in [0.1, 0.15) is 49.3 Å². The minimum Gasteiger partial charge on any atom is -0.480 e. The molecule has 9 N–H and O–H groups in total. The van der Waals surface area contributed by atoms with Crippen molar-refractivity contribution in [1.29, 1.82) is 0 Å². The van der Waals surface area contributed by atoms with Gasteiger partial charge < -0.3 is 74.0 Å². The standard InChI is InChI=1S/C47H70O23S/c1-41(2)14-16-46(39(58)68-36-29(52)28(51)31(23(19-48)64-36)70-71(60,61)62)17-15-44(6)21(22(46)18-41)8-9-25-43(5)12-11-26(42(3,4)24(43)10-13-45(25,44)7)65-37-30(53)32-33(34(66-37)35(54)55)69-47(59,38(56)57)40(67-32)63-20-27(49)50/h8,22-26,28-34,36-37,40,48,51-53,59H,9-20H2,1-7H3,(H,49,50)(H,54,55)(H,56,57)(H,60,61,62). The summed E-state index contributed by atoms with van der Waals surface area (Å²) < 4.78 is 76.7. The molecule has 0 bridgehead atoms. The molecule has 0 aromatic rings. The molecule has 3 aliphatic heterocycles. The first-order valence-electron chi connectivity index (χ1n) is 24.3. The summed E-state index contributed by atoms with van der Waals surface area (Å²) in [6.45, 7) is 13.4. The third kappa shape index (κ3) is 8.85. The molecule has 0 spiro atoms. The molecule has 0 radical (unpaired) electrons. The number of carbonyl (C=O) groups excluding carboxylic acids is 1. The predicted molar refractivity (Wildman–Crippen MR) is 236 cm³/mol. The zero-order chi connectivity index (χ0) is 52.4. The van der Waals surface area contributed by atoms with E-state index in [-0.39, 0.29) is 39.4 Å². The van der Waals surface area contributed by atoms with Gasteiger partial charge in [0.05, 0.1) is 18.1 Å². The number of fused-ring (bicyclic) bond motifs is 8. The molecular weight excluding hydrogens is 965 g/mol. The molecule has 23 nitrogen and oxygen atoms in total. The Labute approximate surface area is 411 Å². The third-order valence-electron chi connectivity index (χ3n) is 18.9. The van der Waals surface area contributed by atoms with E-state index < -0.39 is 138 Å². The van der Waals surface area contributed by atoms with Crippen molar-refractivity contribution in [3.8, 4) is 0 Å². The molecule has 3 saturated heterocycles. The molecule has 71 heavy (non-hydrogen) atoms. The average molecular weight is 1040 g/mol. The second-order valence-electron chi connectivity index (χ2n) is 23.4. The molecule has 3 heterocycles. The quantitative estimate of drug-likeness (QED) is 0.0579. The van der Waals surface area contributed by atoms with Gasteiger partial charge in [-0.2, -0.15) is 8.42 Å². The number of hydrogen-bond donors (Lipinski definition) is 9. The number of hydrogen-bond acceptors (Lipinski definition) is 19. The minimum absolute atomic E-state index is 0.0385. The molecule has 24 heteroatoms. The van der Waals surface area contributed by atoms with Gasteiger partial charge in [0.15, 0.2) is 12.4 Å². The lowest BCUT2D eigenvalue weighted by Gasteiger charge is -2.71. The van der Waals surface area contributed by atoms with E-state index in [1.54, 1.807) is 0 Å². The van der Waals surface area contributed by atoms with E-state index >= 15 is 0 Å². The Hall–Kier alpha value is -2.95. The van der Waals surface area contributed by atoms with Crippen LogP contribution in [0.4, 0.5) is 0 Å². The summed E-state index contributed by atoms with van der Waals surface area (Å²) in [4.78, 5) is 50.8. The smallest absolute Gasteiger partial charge is 0.397 e. The maximum Gasteiger partial charge on any atom is 0.397 e. The van der Waals surface area contributed by atoms with Crippen molar-refractivity contribution in [2.45, 2.75) is 192 Å². The van der Waals surface area contributed by atoms with E-state index in [0.29, 0.717) is 51.4 Å². The van der Waals surface area contributed by atoms with Crippen LogP contribution in [0.5, 0.6) is 0 Å². The Morgan fingerprint density at radius 2 is 1.48 bits per heavy atom. The van der Waals surface area contributed by atoms with Crippen molar-refractivity contribution in [3.63, 3.8) is 0 Å². The first-order chi connectivity index (χ1) is 32.8. The van der Waals surface area contributed by atoms with Crippen LogP contribution >= 0.6 is 0 Å². The monoisotopic (exact) mass is 1030 g/mol. The Morgan fingerprint density at radius 3 is 2.10 bits per heavy atom. The van der Waals surface area contributed by atoms with Gasteiger partial charge in [-0.3, -0.25) is 9.35 Å². The lowest BCUT2D eigenvalue weighted by atomic mass is 9.33. The fourth-order valence-electron chi connectivity index (χ4n) is 15.0. The molecule has 0 aromatic heterocycles. The Balaban J connectivity index is 1.03. The van der Waals surface area contributed by atoms with Gasteiger partial charge in [-0.1, -0.05) is 60.1 Å². The predicted octanol–water partition coefficient (Wildman–Crippen LogP) is 1.50. The first-order valence-corrected chi connectivity index (χ1v) is 25.7. The minimum atomic E-state index is -5.14. The summed E-state index contributed by atoms with van der Waals surface area (Å²) in [6.07, 6.45) is -12.6. The highest BCUT2D eigenvalue weighted by atomic mass is 32.3. The lowest BCUT2D eigenvalue weighted by molar-refractivity contribution is -0.435. The van der Waals surface area contributed by atoms with Gasteiger partial charge in [0.2, 0.25) is 12.6 Å². The molecule has 8 aliphatic rings. The second-order valence-corrected chi connectivity index (χ2v) is 24.5. The summed E-state index contributed by atoms with van der Waals surface area (Å²) in [7, 11) is -5.14. The maximum atomic E-state index is 14.8. The van der Waals surface area contributed by atoms with Gasteiger partial charge in [0.25, 0.3) is 0 Å².